The van der Waals surface area contributed by atoms with E-state index in [1.54, 1.807) is 0 Å². The molecule has 0 heterocycles. The molecule has 0 amide bonds. The molecule has 0 saturated carbocycles. The van der Waals surface area contributed by atoms with Crippen LogP contribution in [0.25, 0.3) is 0 Å². The van der Waals surface area contributed by atoms with E-state index in [0.717, 1.165) is 6.61 Å². The molecule has 0 aromatic rings. The third-order valence-electron chi connectivity index (χ3n) is 1.42. The van der Waals surface area contributed by atoms with Crippen molar-refractivity contribution in [2.24, 2.45) is 0 Å². The first kappa shape index (κ1) is 11.5. The maximum absolute atomic E-state index is 5.82. The molecule has 0 aliphatic heterocycles. The fourth-order valence-electron chi connectivity index (χ4n) is 0.960. The Morgan fingerprint density at radius 1 is 0.909 bits per heavy atom. The van der Waals surface area contributed by atoms with E-state index in [1.807, 2.05) is 0 Å². The van der Waals surface area contributed by atoms with E-state index in [-0.39, 0.29) is 0 Å². The maximum atomic E-state index is 5.82. The fourth-order valence-corrected chi connectivity index (χ4v) is 4.99. The Bertz CT molecular complexity index is 70.0. The molecule has 0 aromatic heterocycles. The van der Waals surface area contributed by atoms with Gasteiger partial charge in [0.15, 0.2) is 0 Å². The van der Waals surface area contributed by atoms with Gasteiger partial charge in [-0.15, -0.1) is 0 Å². The van der Waals surface area contributed by atoms with Gasteiger partial charge in [0.25, 0.3) is 0 Å². The Kier molecular flexibility index (Phi) is 9.02. The summed E-state index contributed by atoms with van der Waals surface area (Å²) in [7, 11) is 0. The minimum atomic E-state index is -0.816. The molecule has 11 heavy (non-hydrogen) atoms. The van der Waals surface area contributed by atoms with Crippen LogP contribution in [0.3, 0.4) is 0 Å². The summed E-state index contributed by atoms with van der Waals surface area (Å²) < 4.78 is 5.82. The molecule has 0 radical (unpaired) electrons. The van der Waals surface area contributed by atoms with Crippen LogP contribution in [0.15, 0.2) is 0 Å². The van der Waals surface area contributed by atoms with E-state index >= 15 is 0 Å². The van der Waals surface area contributed by atoms with Gasteiger partial charge in [-0.1, -0.05) is 0 Å². The molecule has 0 atom stereocenters. The summed E-state index contributed by atoms with van der Waals surface area (Å²) in [6, 6.07) is 0. The Balaban J connectivity index is 3.34. The van der Waals surface area contributed by atoms with Crippen LogP contribution in [0.1, 0.15) is 40.0 Å². The molecular weight excluding hydrogens is 199 g/mol. The van der Waals surface area contributed by atoms with Crippen molar-refractivity contribution in [2.75, 3.05) is 6.61 Å². The first-order chi connectivity index (χ1) is 5.35. The summed E-state index contributed by atoms with van der Waals surface area (Å²) in [5.41, 5.74) is 0. The van der Waals surface area contributed by atoms with Gasteiger partial charge < -0.3 is 0 Å². The molecule has 0 spiro atoms. The van der Waals surface area contributed by atoms with Crippen LogP contribution in [0, 0.1) is 0 Å². The van der Waals surface area contributed by atoms with Gasteiger partial charge in [0.2, 0.25) is 0 Å². The summed E-state index contributed by atoms with van der Waals surface area (Å²) in [5, 5.41) is 2.75. The van der Waals surface area contributed by atoms with Gasteiger partial charge in [0.05, 0.1) is 0 Å². The number of hydrogen-bond donors (Lipinski definition) is 0. The molecule has 0 rings (SSSR count). The predicted molar refractivity (Wildman–Crippen MR) is 52.2 cm³/mol. The standard InChI is InChI=1S/C9H21AsO/c1-4-7-10(8-5-2)11-9-6-3/h4-9H2,1-3H3. The second-order valence-electron chi connectivity index (χ2n) is 2.76. The number of hydrogen-bond acceptors (Lipinski definition) is 1. The zero-order valence-corrected chi connectivity index (χ0v) is 9.97. The average molecular weight is 220 g/mol. The van der Waals surface area contributed by atoms with Crippen LogP contribution in [0.4, 0.5) is 0 Å². The Labute approximate surface area is 76.1 Å². The van der Waals surface area contributed by atoms with Crippen LogP contribution in [-0.4, -0.2) is 21.6 Å². The molecular formula is C9H21AsO. The van der Waals surface area contributed by atoms with Crippen LogP contribution in [-0.2, 0) is 3.73 Å². The fraction of sp³-hybridized carbons (Fsp3) is 1.00. The van der Waals surface area contributed by atoms with Gasteiger partial charge in [0.1, 0.15) is 0 Å². The molecule has 0 fully saturated rings. The van der Waals surface area contributed by atoms with Crippen molar-refractivity contribution in [3.63, 3.8) is 0 Å². The van der Waals surface area contributed by atoms with Crippen LogP contribution >= 0.6 is 0 Å². The molecule has 2 heteroatoms. The van der Waals surface area contributed by atoms with Gasteiger partial charge in [-0.05, 0) is 0 Å². The molecule has 0 saturated heterocycles. The van der Waals surface area contributed by atoms with Gasteiger partial charge in [0, 0.05) is 0 Å². The Morgan fingerprint density at radius 3 is 1.82 bits per heavy atom. The topological polar surface area (TPSA) is 9.23 Å². The van der Waals surface area contributed by atoms with Crippen LogP contribution < -0.4 is 0 Å². The van der Waals surface area contributed by atoms with E-state index in [9.17, 15) is 0 Å². The van der Waals surface area contributed by atoms with Crippen molar-refractivity contribution in [3.05, 3.63) is 0 Å². The average Bonchev–Trinajstić information content (AvgIpc) is 2.01. The summed E-state index contributed by atoms with van der Waals surface area (Å²) in [6.07, 6.45) is 3.80. The third kappa shape index (κ3) is 6.90. The van der Waals surface area contributed by atoms with Gasteiger partial charge >= 0.3 is 75.8 Å². The summed E-state index contributed by atoms with van der Waals surface area (Å²) in [6.45, 7) is 7.70. The molecule has 0 aliphatic carbocycles. The SMILES string of the molecule is CCCO[As](CCC)CCC. The Hall–Kier alpha value is 0.518. The predicted octanol–water partition coefficient (Wildman–Crippen LogP) is 3.22. The van der Waals surface area contributed by atoms with Crippen molar-refractivity contribution in [2.45, 2.75) is 50.5 Å². The normalized spacial score (nSPS) is 10.9. The van der Waals surface area contributed by atoms with Gasteiger partial charge in [-0.3, -0.25) is 0 Å². The van der Waals surface area contributed by atoms with Gasteiger partial charge in [-0.2, -0.15) is 0 Å². The zero-order valence-electron chi connectivity index (χ0n) is 8.10. The molecule has 0 bridgehead atoms. The second kappa shape index (κ2) is 8.61. The van der Waals surface area contributed by atoms with Crippen LogP contribution in [0.2, 0.25) is 10.4 Å². The second-order valence-corrected chi connectivity index (χ2v) is 7.20. The molecule has 0 unspecified atom stereocenters. The quantitative estimate of drug-likeness (QED) is 0.598. The van der Waals surface area contributed by atoms with E-state index in [2.05, 4.69) is 20.8 Å². The monoisotopic (exact) mass is 220 g/mol. The van der Waals surface area contributed by atoms with Crippen LogP contribution in [0.5, 0.6) is 0 Å². The van der Waals surface area contributed by atoms with Crippen molar-refractivity contribution in [3.8, 4) is 0 Å². The van der Waals surface area contributed by atoms with Crippen molar-refractivity contribution in [1.29, 1.82) is 0 Å². The van der Waals surface area contributed by atoms with Gasteiger partial charge in [-0.25, -0.2) is 0 Å². The molecule has 1 nitrogen and oxygen atoms in total. The summed E-state index contributed by atoms with van der Waals surface area (Å²) in [4.78, 5) is 0. The zero-order chi connectivity index (χ0) is 8.53. The molecule has 0 N–H and O–H groups in total. The van der Waals surface area contributed by atoms with Crippen molar-refractivity contribution >= 4 is 15.0 Å². The van der Waals surface area contributed by atoms with E-state index in [4.69, 9.17) is 3.73 Å². The first-order valence-corrected chi connectivity index (χ1v) is 8.15. The molecule has 0 aliphatic rings. The third-order valence-corrected chi connectivity index (χ3v) is 6.54. The molecule has 68 valence electrons. The molecule has 0 aromatic carbocycles. The van der Waals surface area contributed by atoms with Crippen molar-refractivity contribution in [1.82, 2.24) is 0 Å². The first-order valence-electron chi connectivity index (χ1n) is 4.73. The van der Waals surface area contributed by atoms with E-state index in [1.165, 1.54) is 29.7 Å². The minimum absolute atomic E-state index is 0.816. The summed E-state index contributed by atoms with van der Waals surface area (Å²) >= 11 is -0.816. The number of rotatable bonds is 7. The van der Waals surface area contributed by atoms with E-state index < -0.39 is 15.0 Å². The summed E-state index contributed by atoms with van der Waals surface area (Å²) in [5.74, 6) is 0. The Morgan fingerprint density at radius 2 is 1.45 bits per heavy atom. The van der Waals surface area contributed by atoms with Crippen molar-refractivity contribution < 1.29 is 3.73 Å². The van der Waals surface area contributed by atoms with E-state index in [0.29, 0.717) is 0 Å².